The van der Waals surface area contributed by atoms with Gasteiger partial charge in [-0.1, -0.05) is 6.92 Å². The van der Waals surface area contributed by atoms with Gasteiger partial charge in [0.15, 0.2) is 0 Å². The second-order valence-electron chi connectivity index (χ2n) is 5.11. The van der Waals surface area contributed by atoms with Gasteiger partial charge in [-0.3, -0.25) is 0 Å². The van der Waals surface area contributed by atoms with Crippen LogP contribution in [0, 0.1) is 5.92 Å². The monoisotopic (exact) mass is 265 g/mol. The molecule has 0 aliphatic heterocycles. The lowest BCUT2D eigenvalue weighted by Gasteiger charge is -2.17. The Morgan fingerprint density at radius 2 is 2.32 bits per heavy atom. The summed E-state index contributed by atoms with van der Waals surface area (Å²) in [7, 11) is 0. The molecular weight excluding hydrogens is 242 g/mol. The van der Waals surface area contributed by atoms with Gasteiger partial charge in [-0.2, -0.15) is 4.98 Å². The van der Waals surface area contributed by atoms with Crippen LogP contribution in [0.1, 0.15) is 32.6 Å². The van der Waals surface area contributed by atoms with Crippen molar-refractivity contribution in [1.29, 1.82) is 0 Å². The van der Waals surface area contributed by atoms with E-state index >= 15 is 0 Å². The van der Waals surface area contributed by atoms with E-state index in [0.29, 0.717) is 30.5 Å². The van der Waals surface area contributed by atoms with Crippen molar-refractivity contribution in [1.82, 2.24) is 4.98 Å². The molecule has 0 saturated heterocycles. The van der Waals surface area contributed by atoms with Crippen LogP contribution < -0.4 is 15.8 Å². The van der Waals surface area contributed by atoms with E-state index in [1.54, 1.807) is 0 Å². The van der Waals surface area contributed by atoms with Crippen molar-refractivity contribution >= 4 is 11.5 Å². The molecule has 0 aromatic carbocycles. The Bertz CT molecular complexity index is 408. The summed E-state index contributed by atoms with van der Waals surface area (Å²) < 4.78 is 5.65. The number of anilines is 2. The maximum Gasteiger partial charge on any atom is 0.239 e. The van der Waals surface area contributed by atoms with Crippen LogP contribution in [0.4, 0.5) is 11.5 Å². The van der Waals surface area contributed by atoms with Gasteiger partial charge >= 0.3 is 0 Å². The lowest BCUT2D eigenvalue weighted by molar-refractivity contribution is 0.277. The number of pyridine rings is 1. The molecular formula is C14H23N3O2. The van der Waals surface area contributed by atoms with E-state index in [4.69, 9.17) is 15.6 Å². The first-order chi connectivity index (χ1) is 9.22. The van der Waals surface area contributed by atoms with Gasteiger partial charge in [0.05, 0.1) is 12.3 Å². The molecule has 1 aromatic heterocycles. The van der Waals surface area contributed by atoms with Gasteiger partial charge in [0.2, 0.25) is 5.88 Å². The summed E-state index contributed by atoms with van der Waals surface area (Å²) >= 11 is 0. The normalized spacial score (nSPS) is 16.1. The fraction of sp³-hybridized carbons (Fsp3) is 0.643. The maximum atomic E-state index is 8.99. The third-order valence-electron chi connectivity index (χ3n) is 3.36. The third-order valence-corrected chi connectivity index (χ3v) is 3.36. The molecule has 1 unspecified atom stereocenters. The van der Waals surface area contributed by atoms with E-state index in [0.717, 1.165) is 12.2 Å². The highest BCUT2D eigenvalue weighted by atomic mass is 16.5. The minimum absolute atomic E-state index is 0.172. The number of aromatic nitrogens is 1. The van der Waals surface area contributed by atoms with Crippen molar-refractivity contribution in [3.8, 4) is 5.88 Å². The lowest BCUT2D eigenvalue weighted by atomic mass is 10.1. The second kappa shape index (κ2) is 6.61. The van der Waals surface area contributed by atoms with Crippen LogP contribution in [-0.4, -0.2) is 29.3 Å². The number of nitrogens with two attached hydrogens (primary N) is 1. The zero-order valence-corrected chi connectivity index (χ0v) is 11.4. The first-order valence-corrected chi connectivity index (χ1v) is 6.99. The summed E-state index contributed by atoms with van der Waals surface area (Å²) in [6, 6.07) is 3.88. The van der Waals surface area contributed by atoms with E-state index in [9.17, 15) is 0 Å². The van der Waals surface area contributed by atoms with Crippen LogP contribution >= 0.6 is 0 Å². The zero-order chi connectivity index (χ0) is 13.7. The van der Waals surface area contributed by atoms with E-state index in [-0.39, 0.29) is 12.6 Å². The number of rotatable bonds is 8. The molecule has 1 aliphatic rings. The summed E-state index contributed by atoms with van der Waals surface area (Å²) in [6.07, 6.45) is 4.13. The minimum Gasteiger partial charge on any atom is -0.476 e. The second-order valence-corrected chi connectivity index (χ2v) is 5.11. The van der Waals surface area contributed by atoms with Crippen LogP contribution in [0.3, 0.4) is 0 Å². The van der Waals surface area contributed by atoms with Gasteiger partial charge in [0, 0.05) is 12.6 Å². The molecule has 0 spiro atoms. The van der Waals surface area contributed by atoms with Gasteiger partial charge in [-0.25, -0.2) is 0 Å². The molecule has 2 rings (SSSR count). The SMILES string of the molecule is CCC(CCO)Nc1ccc(N)c(OCC2CC2)n1. The summed E-state index contributed by atoms with van der Waals surface area (Å²) in [4.78, 5) is 4.40. The quantitative estimate of drug-likeness (QED) is 0.670. The predicted molar refractivity (Wildman–Crippen MR) is 76.3 cm³/mol. The van der Waals surface area contributed by atoms with Crippen molar-refractivity contribution in [2.75, 3.05) is 24.3 Å². The van der Waals surface area contributed by atoms with Gasteiger partial charge in [-0.15, -0.1) is 0 Å². The molecule has 4 N–H and O–H groups in total. The van der Waals surface area contributed by atoms with Crippen LogP contribution in [0.15, 0.2) is 12.1 Å². The smallest absolute Gasteiger partial charge is 0.239 e. The molecule has 0 amide bonds. The average Bonchev–Trinajstić information content (AvgIpc) is 3.23. The Hall–Kier alpha value is -1.49. The molecule has 0 bridgehead atoms. The molecule has 106 valence electrons. The van der Waals surface area contributed by atoms with Crippen LogP contribution in [0.2, 0.25) is 0 Å². The van der Waals surface area contributed by atoms with Crippen LogP contribution in [0.25, 0.3) is 0 Å². The average molecular weight is 265 g/mol. The molecule has 1 heterocycles. The molecule has 5 nitrogen and oxygen atoms in total. The fourth-order valence-corrected chi connectivity index (χ4v) is 1.87. The molecule has 19 heavy (non-hydrogen) atoms. The minimum atomic E-state index is 0.172. The Morgan fingerprint density at radius 3 is 2.95 bits per heavy atom. The Labute approximate surface area is 114 Å². The van der Waals surface area contributed by atoms with Crippen molar-refractivity contribution in [3.63, 3.8) is 0 Å². The Balaban J connectivity index is 1.97. The van der Waals surface area contributed by atoms with Gasteiger partial charge in [0.25, 0.3) is 0 Å². The highest BCUT2D eigenvalue weighted by Gasteiger charge is 2.22. The zero-order valence-electron chi connectivity index (χ0n) is 11.4. The number of ether oxygens (including phenoxy) is 1. The highest BCUT2D eigenvalue weighted by Crippen LogP contribution is 2.30. The number of nitrogens with one attached hydrogen (secondary N) is 1. The lowest BCUT2D eigenvalue weighted by Crippen LogP contribution is -2.20. The van der Waals surface area contributed by atoms with E-state index in [1.165, 1.54) is 12.8 Å². The number of nitrogens with zero attached hydrogens (tertiary/aromatic N) is 1. The Morgan fingerprint density at radius 1 is 1.53 bits per heavy atom. The number of hydrogen-bond donors (Lipinski definition) is 3. The summed E-state index contributed by atoms with van der Waals surface area (Å²) in [5, 5.41) is 12.3. The molecule has 1 aromatic rings. The van der Waals surface area contributed by atoms with Crippen LogP contribution in [0.5, 0.6) is 5.88 Å². The summed E-state index contributed by atoms with van der Waals surface area (Å²) in [5.74, 6) is 1.94. The number of nitrogen functional groups attached to an aromatic ring is 1. The Kier molecular flexibility index (Phi) is 4.85. The molecule has 0 radical (unpaired) electrons. The highest BCUT2D eigenvalue weighted by molar-refractivity contribution is 5.53. The molecule has 1 atom stereocenters. The van der Waals surface area contributed by atoms with Crippen molar-refractivity contribution in [2.45, 2.75) is 38.6 Å². The molecule has 5 heteroatoms. The molecule has 1 fully saturated rings. The topological polar surface area (TPSA) is 80.4 Å². The van der Waals surface area contributed by atoms with E-state index in [1.807, 2.05) is 12.1 Å². The van der Waals surface area contributed by atoms with Gasteiger partial charge in [-0.05, 0) is 43.7 Å². The number of aliphatic hydroxyl groups is 1. The van der Waals surface area contributed by atoms with E-state index in [2.05, 4.69) is 17.2 Å². The predicted octanol–water partition coefficient (Wildman–Crippen LogP) is 2.03. The fourth-order valence-electron chi connectivity index (χ4n) is 1.87. The maximum absolute atomic E-state index is 8.99. The standard InChI is InChI=1S/C14H23N3O2/c1-2-11(7-8-18)16-13-6-5-12(15)14(17-13)19-9-10-3-4-10/h5-6,10-11,18H,2-4,7-9,15H2,1H3,(H,16,17). The van der Waals surface area contributed by atoms with Gasteiger partial charge in [0.1, 0.15) is 5.82 Å². The number of aliphatic hydroxyl groups excluding tert-OH is 1. The van der Waals surface area contributed by atoms with Crippen molar-refractivity contribution in [3.05, 3.63) is 12.1 Å². The number of hydrogen-bond acceptors (Lipinski definition) is 5. The van der Waals surface area contributed by atoms with Gasteiger partial charge < -0.3 is 20.9 Å². The first kappa shape index (κ1) is 13.9. The van der Waals surface area contributed by atoms with Crippen molar-refractivity contribution in [2.24, 2.45) is 5.92 Å². The third kappa shape index (κ3) is 4.28. The van der Waals surface area contributed by atoms with Crippen molar-refractivity contribution < 1.29 is 9.84 Å². The molecule has 1 saturated carbocycles. The van der Waals surface area contributed by atoms with Crippen LogP contribution in [-0.2, 0) is 0 Å². The first-order valence-electron chi connectivity index (χ1n) is 6.99. The van der Waals surface area contributed by atoms with E-state index < -0.39 is 0 Å². The summed E-state index contributed by atoms with van der Waals surface area (Å²) in [5.41, 5.74) is 6.43. The summed E-state index contributed by atoms with van der Waals surface area (Å²) in [6.45, 7) is 2.95. The molecule has 1 aliphatic carbocycles. The largest absolute Gasteiger partial charge is 0.476 e.